The first-order chi connectivity index (χ1) is 17.3. The van der Waals surface area contributed by atoms with Crippen LogP contribution in [0.2, 0.25) is 0 Å². The van der Waals surface area contributed by atoms with Gasteiger partial charge in [-0.3, -0.25) is 9.59 Å². The molecule has 1 amide bonds. The number of ketones is 1. The van der Waals surface area contributed by atoms with Crippen molar-refractivity contribution in [3.8, 4) is 0 Å². The number of carboxylic acid groups (broad SMARTS) is 1. The van der Waals surface area contributed by atoms with E-state index in [4.69, 9.17) is 0 Å². The lowest BCUT2D eigenvalue weighted by Gasteiger charge is -2.34. The van der Waals surface area contributed by atoms with Crippen LogP contribution in [0.5, 0.6) is 0 Å². The topological polar surface area (TPSA) is 90.8 Å². The number of fused-ring (bicyclic) bond motifs is 1. The van der Waals surface area contributed by atoms with Gasteiger partial charge in [-0.15, -0.1) is 0 Å². The van der Waals surface area contributed by atoms with Gasteiger partial charge in [0.25, 0.3) is 5.91 Å². The molecule has 3 atom stereocenters. The van der Waals surface area contributed by atoms with Gasteiger partial charge in [-0.25, -0.2) is 18.6 Å². The van der Waals surface area contributed by atoms with Crippen LogP contribution >= 0.6 is 0 Å². The number of carbonyl (C=O) groups excluding carboxylic acids is 2. The second-order valence-corrected chi connectivity index (χ2v) is 9.10. The second kappa shape index (κ2) is 9.14. The summed E-state index contributed by atoms with van der Waals surface area (Å²) >= 11 is 0. The third-order valence-electron chi connectivity index (χ3n) is 6.99. The Bertz CT molecular complexity index is 1340. The molecule has 2 aliphatic heterocycles. The molecule has 1 saturated heterocycles. The van der Waals surface area contributed by atoms with E-state index in [1.807, 2.05) is 0 Å². The molecule has 5 rings (SSSR count). The van der Waals surface area contributed by atoms with Crippen LogP contribution in [0.4, 0.5) is 14.6 Å². The number of benzene rings is 2. The summed E-state index contributed by atoms with van der Waals surface area (Å²) in [7, 11) is 0. The Morgan fingerprint density at radius 2 is 1.83 bits per heavy atom. The first kappa shape index (κ1) is 23.6. The molecule has 0 radical (unpaired) electrons. The number of nitrogens with zero attached hydrogens (tertiary/aromatic N) is 3. The van der Waals surface area contributed by atoms with Gasteiger partial charge >= 0.3 is 5.97 Å². The van der Waals surface area contributed by atoms with Crippen LogP contribution in [0.25, 0.3) is 0 Å². The van der Waals surface area contributed by atoms with Gasteiger partial charge in [0.2, 0.25) is 0 Å². The fourth-order valence-corrected chi connectivity index (χ4v) is 5.35. The summed E-state index contributed by atoms with van der Waals surface area (Å²) in [5, 5.41) is 10.2. The third-order valence-corrected chi connectivity index (χ3v) is 6.99. The van der Waals surface area contributed by atoms with Gasteiger partial charge in [-0.2, -0.15) is 0 Å². The molecule has 3 heterocycles. The second-order valence-electron chi connectivity index (χ2n) is 9.10. The van der Waals surface area contributed by atoms with Crippen LogP contribution in [-0.2, 0) is 11.3 Å². The minimum atomic E-state index is -1.12. The number of Topliss-reactive ketones (excluding diaryl/α,β-unsaturated/α-hetero) is 1. The van der Waals surface area contributed by atoms with Gasteiger partial charge in [0, 0.05) is 41.9 Å². The largest absolute Gasteiger partial charge is 0.480 e. The van der Waals surface area contributed by atoms with Crippen molar-refractivity contribution in [2.75, 3.05) is 11.4 Å². The van der Waals surface area contributed by atoms with Crippen LogP contribution in [0, 0.1) is 17.6 Å². The van der Waals surface area contributed by atoms with Crippen LogP contribution in [-0.4, -0.2) is 45.2 Å². The smallest absolute Gasteiger partial charge is 0.326 e. The molecule has 0 spiro atoms. The highest BCUT2D eigenvalue weighted by atomic mass is 19.1. The summed E-state index contributed by atoms with van der Waals surface area (Å²) in [4.78, 5) is 45.0. The van der Waals surface area contributed by atoms with E-state index in [9.17, 15) is 23.9 Å². The van der Waals surface area contributed by atoms with Crippen molar-refractivity contribution in [3.05, 3.63) is 94.7 Å². The number of hydrogen-bond donors (Lipinski definition) is 1. The summed E-state index contributed by atoms with van der Waals surface area (Å²) in [6.45, 7) is 1.82. The molecule has 2 aliphatic rings. The Morgan fingerprint density at radius 3 is 2.47 bits per heavy atom. The highest BCUT2D eigenvalue weighted by molar-refractivity contribution is 5.99. The Balaban J connectivity index is 1.54. The van der Waals surface area contributed by atoms with Crippen molar-refractivity contribution < 1.29 is 28.3 Å². The highest BCUT2D eigenvalue weighted by Gasteiger charge is 2.51. The maximum atomic E-state index is 15.2. The Kier molecular flexibility index (Phi) is 5.99. The standard InChI is InChI=1S/C27H23F2N3O4/c1-15(33)17-7-10-22(30-13-17)31-12-11-20(25(31)27(35)36)24-23-19(3-2-4-21(23)29)26(34)32(24)14-16-5-8-18(28)9-6-16/h2-10,13,20,24-25H,11-12,14H2,1H3,(H,35,36)/t20?,24?,25-/m0/s1. The van der Waals surface area contributed by atoms with Crippen molar-refractivity contribution in [3.63, 3.8) is 0 Å². The normalized spacial score (nSPS) is 21.1. The molecule has 2 unspecified atom stereocenters. The third kappa shape index (κ3) is 4.00. The van der Waals surface area contributed by atoms with Gasteiger partial charge in [-0.05, 0) is 55.3 Å². The zero-order valence-corrected chi connectivity index (χ0v) is 19.4. The van der Waals surface area contributed by atoms with Crippen LogP contribution in [0.3, 0.4) is 0 Å². The van der Waals surface area contributed by atoms with Crippen molar-refractivity contribution in [2.24, 2.45) is 5.92 Å². The van der Waals surface area contributed by atoms with Gasteiger partial charge in [0.05, 0.1) is 6.04 Å². The summed E-state index contributed by atoms with van der Waals surface area (Å²) < 4.78 is 28.6. The Hall–Kier alpha value is -4.14. The number of carbonyl (C=O) groups is 3. The van der Waals surface area contributed by atoms with Crippen molar-refractivity contribution >= 4 is 23.5 Å². The molecule has 1 fully saturated rings. The first-order valence-electron chi connectivity index (χ1n) is 11.6. The van der Waals surface area contributed by atoms with E-state index < -0.39 is 41.5 Å². The fraction of sp³-hybridized carbons (Fsp3) is 0.259. The number of amides is 1. The van der Waals surface area contributed by atoms with Gasteiger partial charge in [-0.1, -0.05) is 18.2 Å². The molecule has 0 bridgehead atoms. The number of aliphatic carboxylic acids is 1. The average molecular weight is 491 g/mol. The lowest BCUT2D eigenvalue weighted by Crippen LogP contribution is -2.44. The Labute approximate surface area is 206 Å². The zero-order valence-electron chi connectivity index (χ0n) is 19.4. The molecule has 3 aromatic rings. The van der Waals surface area contributed by atoms with E-state index in [2.05, 4.69) is 4.98 Å². The number of carboxylic acids is 1. The summed E-state index contributed by atoms with van der Waals surface area (Å²) in [5.41, 5.74) is 1.44. The van der Waals surface area contributed by atoms with Crippen LogP contribution in [0.1, 0.15) is 51.2 Å². The number of pyridine rings is 1. The maximum Gasteiger partial charge on any atom is 0.326 e. The molecule has 9 heteroatoms. The monoisotopic (exact) mass is 491 g/mol. The molecule has 2 aromatic carbocycles. The molecule has 7 nitrogen and oxygen atoms in total. The van der Waals surface area contributed by atoms with Gasteiger partial charge in [0.15, 0.2) is 5.78 Å². The van der Waals surface area contributed by atoms with E-state index in [0.29, 0.717) is 29.9 Å². The highest BCUT2D eigenvalue weighted by Crippen LogP contribution is 2.47. The number of rotatable bonds is 6. The van der Waals surface area contributed by atoms with E-state index in [1.165, 1.54) is 42.3 Å². The van der Waals surface area contributed by atoms with Crippen LogP contribution < -0.4 is 4.90 Å². The maximum absolute atomic E-state index is 15.2. The van der Waals surface area contributed by atoms with Crippen molar-refractivity contribution in [1.82, 2.24) is 9.88 Å². The predicted molar refractivity (Wildman–Crippen MR) is 127 cm³/mol. The summed E-state index contributed by atoms with van der Waals surface area (Å²) in [5.74, 6) is -2.91. The average Bonchev–Trinajstić information content (AvgIpc) is 3.41. The minimum absolute atomic E-state index is 0.0757. The number of aromatic nitrogens is 1. The SMILES string of the molecule is CC(=O)c1ccc(N2CCC(C3c4c(F)cccc4C(=O)N3Cc3ccc(F)cc3)[C@H]2C(=O)O)nc1. The molecule has 1 N–H and O–H groups in total. The van der Waals surface area contributed by atoms with Crippen LogP contribution in [0.15, 0.2) is 60.8 Å². The number of hydrogen-bond acceptors (Lipinski definition) is 5. The van der Waals surface area contributed by atoms with E-state index in [0.717, 1.165) is 0 Å². The molecular formula is C27H23F2N3O4. The summed E-state index contributed by atoms with van der Waals surface area (Å²) in [6.07, 6.45) is 1.78. The molecule has 36 heavy (non-hydrogen) atoms. The van der Waals surface area contributed by atoms with Gasteiger partial charge in [0.1, 0.15) is 23.5 Å². The lowest BCUT2D eigenvalue weighted by atomic mass is 9.86. The Morgan fingerprint density at radius 1 is 1.08 bits per heavy atom. The van der Waals surface area contributed by atoms with E-state index in [-0.39, 0.29) is 23.5 Å². The first-order valence-corrected chi connectivity index (χ1v) is 11.6. The predicted octanol–water partition coefficient (Wildman–Crippen LogP) is 4.24. The quantitative estimate of drug-likeness (QED) is 0.519. The minimum Gasteiger partial charge on any atom is -0.480 e. The van der Waals surface area contributed by atoms with E-state index >= 15 is 4.39 Å². The summed E-state index contributed by atoms with van der Waals surface area (Å²) in [6, 6.07) is 11.2. The van der Waals surface area contributed by atoms with Gasteiger partial charge < -0.3 is 14.9 Å². The van der Waals surface area contributed by atoms with E-state index in [1.54, 1.807) is 35.2 Å². The molecule has 184 valence electrons. The molecule has 0 aliphatic carbocycles. The molecule has 1 aromatic heterocycles. The lowest BCUT2D eigenvalue weighted by molar-refractivity contribution is -0.140. The number of halogens is 2. The molecular weight excluding hydrogens is 468 g/mol. The van der Waals surface area contributed by atoms with Crippen molar-refractivity contribution in [1.29, 1.82) is 0 Å². The fourth-order valence-electron chi connectivity index (χ4n) is 5.35. The number of anilines is 1. The molecule has 0 saturated carbocycles. The van der Waals surface area contributed by atoms with Crippen molar-refractivity contribution in [2.45, 2.75) is 32.0 Å². The zero-order chi connectivity index (χ0) is 25.6.